The lowest BCUT2D eigenvalue weighted by atomic mass is 9.88. The van der Waals surface area contributed by atoms with Crippen molar-refractivity contribution in [3.05, 3.63) is 133 Å². The van der Waals surface area contributed by atoms with Gasteiger partial charge < -0.3 is 4.74 Å². The van der Waals surface area contributed by atoms with Gasteiger partial charge in [0.2, 0.25) is 5.78 Å². The van der Waals surface area contributed by atoms with Gasteiger partial charge in [-0.05, 0) is 82.6 Å². The molecule has 4 aromatic carbocycles. The second-order valence-electron chi connectivity index (χ2n) is 15.2. The van der Waals surface area contributed by atoms with Crippen LogP contribution in [0.2, 0.25) is 0 Å². The normalized spacial score (nSPS) is 12.6. The molecule has 5 heterocycles. The molecule has 9 aromatic rings. The Bertz CT molecular complexity index is 2750. The Morgan fingerprint density at radius 2 is 1.26 bits per heavy atom. The fraction of sp³-hybridized carbons (Fsp3) is 0.186. The van der Waals surface area contributed by atoms with Gasteiger partial charge in [0.1, 0.15) is 17.3 Å². The highest BCUT2D eigenvalue weighted by molar-refractivity contribution is 6.09. The van der Waals surface area contributed by atoms with Crippen molar-refractivity contribution in [2.75, 3.05) is 0 Å². The van der Waals surface area contributed by atoms with Gasteiger partial charge in [0, 0.05) is 41.0 Å². The number of hydrogen-bond donors (Lipinski definition) is 0. The Morgan fingerprint density at radius 1 is 0.560 bits per heavy atom. The van der Waals surface area contributed by atoms with Crippen molar-refractivity contribution in [2.24, 2.45) is 0 Å². The Morgan fingerprint density at radius 3 is 2.04 bits per heavy atom. The highest BCUT2D eigenvalue weighted by Gasteiger charge is 2.23. The average Bonchev–Trinajstić information content (AvgIpc) is 3.74. The van der Waals surface area contributed by atoms with E-state index in [1.165, 1.54) is 16.5 Å². The molecule has 0 amide bonds. The number of para-hydroxylation sites is 2. The summed E-state index contributed by atoms with van der Waals surface area (Å²) < 4.78 is 13.2. The number of aromatic nitrogens is 6. The summed E-state index contributed by atoms with van der Waals surface area (Å²) in [7, 11) is 0. The number of fused-ring (bicyclic) bond motifs is 8. The van der Waals surface area contributed by atoms with Crippen LogP contribution in [-0.4, -0.2) is 28.5 Å². The molecule has 7 heteroatoms. The molecular weight excluding hydrogens is 617 g/mol. The molecule has 246 valence electrons. The zero-order valence-corrected chi connectivity index (χ0v) is 29.1. The molecular formula is C43H38N6O. The third-order valence-electron chi connectivity index (χ3n) is 9.71. The SMILES string of the molecule is CC(C)(C)c1ccnc(-n2c3ccccc3c3ccc(Oc4ccc5nc6n(-c7ccccc7)c7cc(C(C)(C)C)cnc7n6c5c4)cc32)c1. The molecule has 0 fully saturated rings. The number of imidazole rings is 2. The zero-order chi connectivity index (χ0) is 34.4. The first kappa shape index (κ1) is 30.1. The Hall–Kier alpha value is -5.95. The van der Waals surface area contributed by atoms with E-state index in [4.69, 9.17) is 19.7 Å². The maximum absolute atomic E-state index is 6.64. The molecule has 0 saturated carbocycles. The van der Waals surface area contributed by atoms with Crippen LogP contribution in [0.4, 0.5) is 0 Å². The molecule has 5 aromatic heterocycles. The van der Waals surface area contributed by atoms with E-state index in [0.29, 0.717) is 0 Å². The average molecular weight is 655 g/mol. The first-order chi connectivity index (χ1) is 24.0. The van der Waals surface area contributed by atoms with E-state index in [-0.39, 0.29) is 10.8 Å². The number of rotatable bonds is 4. The number of benzene rings is 4. The summed E-state index contributed by atoms with van der Waals surface area (Å²) in [4.78, 5) is 15.0. The van der Waals surface area contributed by atoms with Crippen LogP contribution in [0.5, 0.6) is 11.5 Å². The van der Waals surface area contributed by atoms with Gasteiger partial charge in [0.25, 0.3) is 0 Å². The van der Waals surface area contributed by atoms with Gasteiger partial charge in [-0.3, -0.25) is 13.5 Å². The molecule has 0 aliphatic carbocycles. The van der Waals surface area contributed by atoms with Gasteiger partial charge in [0.05, 0.1) is 27.6 Å². The third-order valence-corrected chi connectivity index (χ3v) is 9.71. The summed E-state index contributed by atoms with van der Waals surface area (Å²) in [5.41, 5.74) is 9.23. The van der Waals surface area contributed by atoms with Crippen LogP contribution < -0.4 is 4.74 Å². The summed E-state index contributed by atoms with van der Waals surface area (Å²) in [6.45, 7) is 13.3. The van der Waals surface area contributed by atoms with Gasteiger partial charge in [-0.15, -0.1) is 0 Å². The molecule has 0 radical (unpaired) electrons. The lowest BCUT2D eigenvalue weighted by Crippen LogP contribution is -2.12. The van der Waals surface area contributed by atoms with E-state index in [1.807, 2.05) is 36.7 Å². The fourth-order valence-corrected chi connectivity index (χ4v) is 7.00. The van der Waals surface area contributed by atoms with Crippen molar-refractivity contribution in [3.8, 4) is 23.0 Å². The van der Waals surface area contributed by atoms with E-state index < -0.39 is 0 Å². The number of pyridine rings is 2. The molecule has 0 saturated heterocycles. The van der Waals surface area contributed by atoms with Gasteiger partial charge in [-0.1, -0.05) is 77.9 Å². The van der Waals surface area contributed by atoms with E-state index in [9.17, 15) is 0 Å². The first-order valence-electron chi connectivity index (χ1n) is 17.1. The summed E-state index contributed by atoms with van der Waals surface area (Å²) in [6.07, 6.45) is 3.90. The monoisotopic (exact) mass is 654 g/mol. The van der Waals surface area contributed by atoms with Gasteiger partial charge in [-0.25, -0.2) is 15.0 Å². The predicted molar refractivity (Wildman–Crippen MR) is 203 cm³/mol. The van der Waals surface area contributed by atoms with Crippen LogP contribution >= 0.6 is 0 Å². The summed E-state index contributed by atoms with van der Waals surface area (Å²) in [6, 6.07) is 37.8. The standard InChI is InChI=1S/C43H38N6O/c1-42(2,3)27-20-21-44-39(23-27)48-35-15-11-10-14-32(35)33-18-16-30(24-36(33)48)50-31-17-19-34-37(25-31)49-40-38(22-28(26-45-40)43(4,5)6)47(41(49)46-34)29-12-8-7-9-13-29/h7-26H,1-6H3. The van der Waals surface area contributed by atoms with Gasteiger partial charge >= 0.3 is 0 Å². The van der Waals surface area contributed by atoms with E-state index in [2.05, 4.69) is 140 Å². The zero-order valence-electron chi connectivity index (χ0n) is 29.1. The first-order valence-corrected chi connectivity index (χ1v) is 17.1. The third kappa shape index (κ3) is 4.76. The van der Waals surface area contributed by atoms with Crippen molar-refractivity contribution in [1.29, 1.82) is 0 Å². The quantitative estimate of drug-likeness (QED) is 0.189. The number of ether oxygens (including phenoxy) is 1. The molecule has 0 spiro atoms. The van der Waals surface area contributed by atoms with Crippen LogP contribution in [0.25, 0.3) is 61.3 Å². The van der Waals surface area contributed by atoms with Gasteiger partial charge in [0.15, 0.2) is 5.65 Å². The lowest BCUT2D eigenvalue weighted by molar-refractivity contribution is 0.484. The van der Waals surface area contributed by atoms with Crippen molar-refractivity contribution in [1.82, 2.24) is 28.5 Å². The molecule has 0 aliphatic rings. The van der Waals surface area contributed by atoms with Crippen molar-refractivity contribution in [3.63, 3.8) is 0 Å². The molecule has 0 N–H and O–H groups in total. The second kappa shape index (κ2) is 10.8. The highest BCUT2D eigenvalue weighted by atomic mass is 16.5. The Balaban J connectivity index is 1.20. The molecule has 0 aliphatic heterocycles. The Labute approximate surface area is 290 Å². The van der Waals surface area contributed by atoms with Crippen LogP contribution in [0.15, 0.2) is 122 Å². The van der Waals surface area contributed by atoms with Crippen LogP contribution in [0, 0.1) is 0 Å². The smallest absolute Gasteiger partial charge is 0.221 e. The minimum atomic E-state index is -0.0452. The Kier molecular flexibility index (Phi) is 6.49. The molecule has 0 unspecified atom stereocenters. The number of nitrogens with zero attached hydrogens (tertiary/aromatic N) is 6. The summed E-state index contributed by atoms with van der Waals surface area (Å²) in [5, 5.41) is 2.33. The molecule has 9 rings (SSSR count). The van der Waals surface area contributed by atoms with Crippen LogP contribution in [0.3, 0.4) is 0 Å². The van der Waals surface area contributed by atoms with Crippen molar-refractivity contribution in [2.45, 2.75) is 52.4 Å². The largest absolute Gasteiger partial charge is 0.457 e. The maximum atomic E-state index is 6.64. The van der Waals surface area contributed by atoms with Crippen molar-refractivity contribution < 1.29 is 4.74 Å². The van der Waals surface area contributed by atoms with E-state index in [0.717, 1.165) is 67.4 Å². The summed E-state index contributed by atoms with van der Waals surface area (Å²) >= 11 is 0. The fourth-order valence-electron chi connectivity index (χ4n) is 7.00. The van der Waals surface area contributed by atoms with E-state index in [1.54, 1.807) is 0 Å². The van der Waals surface area contributed by atoms with E-state index >= 15 is 0 Å². The second-order valence-corrected chi connectivity index (χ2v) is 15.2. The topological polar surface area (TPSA) is 62.2 Å². The van der Waals surface area contributed by atoms with Crippen LogP contribution in [-0.2, 0) is 10.8 Å². The molecule has 7 nitrogen and oxygen atoms in total. The minimum absolute atomic E-state index is 0.000249. The van der Waals surface area contributed by atoms with Crippen LogP contribution in [0.1, 0.15) is 52.7 Å². The summed E-state index contributed by atoms with van der Waals surface area (Å²) in [5.74, 6) is 3.17. The predicted octanol–water partition coefficient (Wildman–Crippen LogP) is 10.7. The van der Waals surface area contributed by atoms with Crippen molar-refractivity contribution >= 4 is 49.8 Å². The lowest BCUT2D eigenvalue weighted by Gasteiger charge is -2.20. The molecule has 0 atom stereocenters. The molecule has 0 bridgehead atoms. The molecule has 50 heavy (non-hydrogen) atoms. The maximum Gasteiger partial charge on any atom is 0.221 e. The number of hydrogen-bond acceptors (Lipinski definition) is 4. The highest BCUT2D eigenvalue weighted by Crippen LogP contribution is 2.37. The minimum Gasteiger partial charge on any atom is -0.457 e. The van der Waals surface area contributed by atoms with Gasteiger partial charge in [-0.2, -0.15) is 0 Å².